The van der Waals surface area contributed by atoms with Gasteiger partial charge in [0, 0.05) is 23.7 Å². The van der Waals surface area contributed by atoms with E-state index in [0.29, 0.717) is 51.1 Å². The number of fused-ring (bicyclic) bond motifs is 2. The third-order valence-corrected chi connectivity index (χ3v) is 9.19. The van der Waals surface area contributed by atoms with Crippen molar-refractivity contribution in [1.82, 2.24) is 9.47 Å². The summed E-state index contributed by atoms with van der Waals surface area (Å²) < 4.78 is 8.48. The molecule has 0 spiro atoms. The molecule has 0 fully saturated rings. The molecule has 0 aliphatic carbocycles. The van der Waals surface area contributed by atoms with Crippen molar-refractivity contribution < 1.29 is 9.53 Å². The van der Waals surface area contributed by atoms with Gasteiger partial charge in [-0.1, -0.05) is 95.7 Å². The summed E-state index contributed by atoms with van der Waals surface area (Å²) in [5.74, 6) is 0.548. The highest BCUT2D eigenvalue weighted by molar-refractivity contribution is 7.07. The second-order valence-electron chi connectivity index (χ2n) is 10.6. The number of allylic oxidation sites excluding steroid dienone is 1. The van der Waals surface area contributed by atoms with Gasteiger partial charge in [-0.05, 0) is 66.9 Å². The maximum Gasteiger partial charge on any atom is 0.271 e. The van der Waals surface area contributed by atoms with Gasteiger partial charge in [-0.2, -0.15) is 0 Å². The standard InChI is InChI=1S/C36H32ClN3O3S/c1-4-39(5-2)35(42)32-23(3)38-36-40(33(32)25-17-19-28(37)20-18-25)34(41)31(44-36)21-26-12-7-9-16-30(26)43-22-27-14-10-13-24-11-6-8-15-29(24)27/h6-21,33H,4-5,22H2,1-3H3/b31-21+/t33-/m0/s1. The number of benzene rings is 4. The first kappa shape index (κ1) is 29.6. The fourth-order valence-corrected chi connectivity index (χ4v) is 6.85. The van der Waals surface area contributed by atoms with E-state index in [0.717, 1.165) is 27.5 Å². The van der Waals surface area contributed by atoms with Crippen molar-refractivity contribution in [3.63, 3.8) is 0 Å². The van der Waals surface area contributed by atoms with Crippen LogP contribution in [0, 0.1) is 0 Å². The molecule has 1 aliphatic rings. The maximum absolute atomic E-state index is 14.2. The van der Waals surface area contributed by atoms with Crippen LogP contribution >= 0.6 is 22.9 Å². The summed E-state index contributed by atoms with van der Waals surface area (Å²) in [4.78, 5) is 35.0. The summed E-state index contributed by atoms with van der Waals surface area (Å²) >= 11 is 7.53. The quantitative estimate of drug-likeness (QED) is 0.199. The number of thiazole rings is 1. The van der Waals surface area contributed by atoms with Gasteiger partial charge in [0.05, 0.1) is 21.8 Å². The van der Waals surface area contributed by atoms with E-state index in [2.05, 4.69) is 24.3 Å². The highest BCUT2D eigenvalue weighted by atomic mass is 35.5. The van der Waals surface area contributed by atoms with E-state index in [-0.39, 0.29) is 11.5 Å². The maximum atomic E-state index is 14.2. The number of aromatic nitrogens is 1. The van der Waals surface area contributed by atoms with Crippen LogP contribution in [-0.2, 0) is 11.4 Å². The fourth-order valence-electron chi connectivity index (χ4n) is 5.68. The van der Waals surface area contributed by atoms with Crippen molar-refractivity contribution in [2.45, 2.75) is 33.4 Å². The van der Waals surface area contributed by atoms with Crippen molar-refractivity contribution in [3.05, 3.63) is 144 Å². The summed E-state index contributed by atoms with van der Waals surface area (Å²) in [5, 5.41) is 2.89. The van der Waals surface area contributed by atoms with Gasteiger partial charge >= 0.3 is 0 Å². The van der Waals surface area contributed by atoms with Crippen LogP contribution < -0.4 is 19.6 Å². The summed E-state index contributed by atoms with van der Waals surface area (Å²) in [6.45, 7) is 7.24. The van der Waals surface area contributed by atoms with E-state index in [1.54, 1.807) is 21.6 Å². The van der Waals surface area contributed by atoms with Crippen LogP contribution in [0.4, 0.5) is 0 Å². The average Bonchev–Trinajstić information content (AvgIpc) is 3.34. The Morgan fingerprint density at radius 3 is 2.45 bits per heavy atom. The third-order valence-electron chi connectivity index (χ3n) is 7.96. The van der Waals surface area contributed by atoms with E-state index in [1.807, 2.05) is 81.4 Å². The van der Waals surface area contributed by atoms with Crippen LogP contribution in [0.5, 0.6) is 5.75 Å². The number of ether oxygens (including phenoxy) is 1. The number of nitrogens with zero attached hydrogens (tertiary/aromatic N) is 3. The van der Waals surface area contributed by atoms with Crippen LogP contribution in [0.2, 0.25) is 5.02 Å². The van der Waals surface area contributed by atoms with Crippen molar-refractivity contribution in [2.75, 3.05) is 13.1 Å². The first-order valence-electron chi connectivity index (χ1n) is 14.6. The van der Waals surface area contributed by atoms with Gasteiger partial charge in [0.1, 0.15) is 12.4 Å². The van der Waals surface area contributed by atoms with Crippen LogP contribution in [0.1, 0.15) is 43.5 Å². The fraction of sp³-hybridized carbons (Fsp3) is 0.194. The summed E-state index contributed by atoms with van der Waals surface area (Å²) in [6.07, 6.45) is 1.85. The summed E-state index contributed by atoms with van der Waals surface area (Å²) in [7, 11) is 0. The van der Waals surface area contributed by atoms with Crippen LogP contribution in [0.25, 0.3) is 16.8 Å². The zero-order valence-electron chi connectivity index (χ0n) is 24.8. The van der Waals surface area contributed by atoms with E-state index in [9.17, 15) is 9.59 Å². The normalized spacial score (nSPS) is 14.8. The zero-order chi connectivity index (χ0) is 30.8. The van der Waals surface area contributed by atoms with Gasteiger partial charge < -0.3 is 9.64 Å². The van der Waals surface area contributed by atoms with Gasteiger partial charge in [0.15, 0.2) is 4.80 Å². The molecule has 0 bridgehead atoms. The Kier molecular flexibility index (Phi) is 8.51. The molecule has 2 heterocycles. The Hall–Kier alpha value is -4.46. The van der Waals surface area contributed by atoms with E-state index >= 15 is 0 Å². The molecule has 0 unspecified atom stereocenters. The molecule has 1 amide bonds. The molecule has 1 aliphatic heterocycles. The Labute approximate surface area is 264 Å². The number of carbonyl (C=O) groups is 1. The minimum atomic E-state index is -0.628. The Morgan fingerprint density at radius 1 is 0.977 bits per heavy atom. The van der Waals surface area contributed by atoms with Crippen molar-refractivity contribution in [2.24, 2.45) is 4.99 Å². The minimum Gasteiger partial charge on any atom is -0.488 e. The van der Waals surface area contributed by atoms with Crippen LogP contribution in [0.3, 0.4) is 0 Å². The zero-order valence-corrected chi connectivity index (χ0v) is 26.4. The molecule has 6 nitrogen and oxygen atoms in total. The van der Waals surface area contributed by atoms with E-state index in [4.69, 9.17) is 21.3 Å². The lowest BCUT2D eigenvalue weighted by Gasteiger charge is -2.29. The number of amides is 1. The smallest absolute Gasteiger partial charge is 0.271 e. The highest BCUT2D eigenvalue weighted by Gasteiger charge is 2.34. The van der Waals surface area contributed by atoms with Crippen molar-refractivity contribution >= 4 is 45.7 Å². The third kappa shape index (κ3) is 5.61. The molecule has 0 saturated carbocycles. The number of hydrogen-bond acceptors (Lipinski definition) is 5. The number of carbonyl (C=O) groups excluding carboxylic acids is 1. The predicted octanol–water partition coefficient (Wildman–Crippen LogP) is 6.49. The van der Waals surface area contributed by atoms with Crippen molar-refractivity contribution in [3.8, 4) is 5.75 Å². The molecule has 44 heavy (non-hydrogen) atoms. The number of rotatable bonds is 8. The average molecular weight is 622 g/mol. The Morgan fingerprint density at radius 2 is 1.68 bits per heavy atom. The van der Waals surface area contributed by atoms with Crippen LogP contribution in [-0.4, -0.2) is 28.5 Å². The highest BCUT2D eigenvalue weighted by Crippen LogP contribution is 2.32. The molecular formula is C36H32ClN3O3S. The lowest BCUT2D eigenvalue weighted by Crippen LogP contribution is -2.43. The van der Waals surface area contributed by atoms with Gasteiger partial charge in [0.25, 0.3) is 11.5 Å². The molecule has 1 atom stereocenters. The molecule has 222 valence electrons. The second-order valence-corrected chi connectivity index (χ2v) is 12.0. The second kappa shape index (κ2) is 12.6. The van der Waals surface area contributed by atoms with Crippen LogP contribution in [0.15, 0.2) is 112 Å². The first-order chi connectivity index (χ1) is 21.4. The molecule has 8 heteroatoms. The summed E-state index contributed by atoms with van der Waals surface area (Å²) in [5.41, 5.74) is 3.56. The Bertz CT molecular complexity index is 2070. The summed E-state index contributed by atoms with van der Waals surface area (Å²) in [6, 6.07) is 28.8. The van der Waals surface area contributed by atoms with Gasteiger partial charge in [-0.3, -0.25) is 14.2 Å². The monoisotopic (exact) mass is 621 g/mol. The van der Waals surface area contributed by atoms with Gasteiger partial charge in [-0.25, -0.2) is 4.99 Å². The lowest BCUT2D eigenvalue weighted by molar-refractivity contribution is -0.127. The van der Waals surface area contributed by atoms with Gasteiger partial charge in [0.2, 0.25) is 0 Å². The molecule has 0 radical (unpaired) electrons. The van der Waals surface area contributed by atoms with E-state index < -0.39 is 6.04 Å². The SMILES string of the molecule is CCN(CC)C(=O)C1=C(C)N=c2s/c(=C/c3ccccc3OCc3cccc4ccccc34)c(=O)n2[C@H]1c1ccc(Cl)cc1. The van der Waals surface area contributed by atoms with Gasteiger partial charge in [-0.15, -0.1) is 0 Å². The molecule has 0 N–H and O–H groups in total. The minimum absolute atomic E-state index is 0.127. The Balaban J connectivity index is 1.43. The molecule has 0 saturated heterocycles. The molecular weight excluding hydrogens is 590 g/mol. The predicted molar refractivity (Wildman–Crippen MR) is 178 cm³/mol. The molecule has 5 aromatic rings. The number of likely N-dealkylation sites (N-methyl/N-ethyl adjacent to an activating group) is 1. The lowest BCUT2D eigenvalue weighted by atomic mass is 9.94. The molecule has 6 rings (SSSR count). The number of hydrogen-bond donors (Lipinski definition) is 0. The van der Waals surface area contributed by atoms with Crippen molar-refractivity contribution in [1.29, 1.82) is 0 Å². The molecule has 4 aromatic carbocycles. The first-order valence-corrected chi connectivity index (χ1v) is 15.8. The van der Waals surface area contributed by atoms with E-state index in [1.165, 1.54) is 11.3 Å². The number of para-hydroxylation sites is 1. The largest absolute Gasteiger partial charge is 0.488 e. The topological polar surface area (TPSA) is 63.9 Å². The number of halogens is 1. The molecule has 1 aromatic heterocycles.